The molecule has 0 unspecified atom stereocenters. The first-order chi connectivity index (χ1) is 15.9. The van der Waals surface area contributed by atoms with E-state index in [1.165, 1.54) is 25.5 Å². The number of nitro benzene ring substituents is 1. The Balaban J connectivity index is 1.61. The normalized spacial score (nSPS) is 10.8. The van der Waals surface area contributed by atoms with E-state index in [4.69, 9.17) is 32.7 Å². The number of rotatable bonds is 9. The number of hydrazone groups is 1. The van der Waals surface area contributed by atoms with Gasteiger partial charge in [-0.15, -0.1) is 0 Å². The van der Waals surface area contributed by atoms with Gasteiger partial charge in [-0.25, -0.2) is 5.43 Å². The maximum Gasteiger partial charge on any atom is 0.273 e. The summed E-state index contributed by atoms with van der Waals surface area (Å²) < 4.78 is 11.2. The molecule has 0 aromatic heterocycles. The van der Waals surface area contributed by atoms with E-state index in [1.54, 1.807) is 48.5 Å². The summed E-state index contributed by atoms with van der Waals surface area (Å²) in [5.41, 5.74) is 3.98. The number of benzene rings is 3. The molecule has 0 heterocycles. The van der Waals surface area contributed by atoms with Crippen molar-refractivity contribution < 1.29 is 19.2 Å². The number of nitro groups is 1. The maximum absolute atomic E-state index is 12.1. The fourth-order valence-electron chi connectivity index (χ4n) is 2.91. The van der Waals surface area contributed by atoms with Crippen molar-refractivity contribution in [3.8, 4) is 11.5 Å². The molecule has 8 nitrogen and oxygen atoms in total. The minimum atomic E-state index is -0.525. The zero-order valence-electron chi connectivity index (χ0n) is 17.5. The lowest BCUT2D eigenvalue weighted by atomic mass is 10.1. The zero-order valence-corrected chi connectivity index (χ0v) is 19.0. The molecule has 1 amide bonds. The molecule has 0 aliphatic carbocycles. The Labute approximate surface area is 199 Å². The van der Waals surface area contributed by atoms with Crippen LogP contribution in [0.4, 0.5) is 5.69 Å². The van der Waals surface area contributed by atoms with Crippen molar-refractivity contribution in [3.63, 3.8) is 0 Å². The Morgan fingerprint density at radius 1 is 1.09 bits per heavy atom. The number of hydrogen-bond donors (Lipinski definition) is 1. The molecule has 170 valence electrons. The highest BCUT2D eigenvalue weighted by Gasteiger charge is 2.15. The van der Waals surface area contributed by atoms with Crippen LogP contribution >= 0.6 is 23.2 Å². The molecular formula is C23H19Cl2N3O5. The van der Waals surface area contributed by atoms with Gasteiger partial charge in [0.2, 0.25) is 5.91 Å². The molecule has 0 spiro atoms. The molecule has 0 atom stereocenters. The van der Waals surface area contributed by atoms with E-state index < -0.39 is 10.8 Å². The third-order valence-corrected chi connectivity index (χ3v) is 5.12. The number of halogens is 2. The number of carbonyl (C=O) groups is 1. The van der Waals surface area contributed by atoms with Crippen molar-refractivity contribution in [2.75, 3.05) is 7.11 Å². The highest BCUT2D eigenvalue weighted by atomic mass is 35.5. The van der Waals surface area contributed by atoms with E-state index in [2.05, 4.69) is 10.5 Å². The Morgan fingerprint density at radius 2 is 1.88 bits per heavy atom. The van der Waals surface area contributed by atoms with Gasteiger partial charge in [-0.3, -0.25) is 14.9 Å². The summed E-state index contributed by atoms with van der Waals surface area (Å²) in [6.45, 7) is 0.224. The molecule has 0 saturated carbocycles. The zero-order chi connectivity index (χ0) is 23.8. The third-order valence-electron chi connectivity index (χ3n) is 4.53. The van der Waals surface area contributed by atoms with Crippen molar-refractivity contribution >= 4 is 41.0 Å². The first-order valence-corrected chi connectivity index (χ1v) is 10.4. The standard InChI is InChI=1S/C23H19Cl2N3O5/c1-32-22-10-15(6-9-21(22)33-14-17-7-8-18(24)12-19(17)25)13-26-27-23(29)11-16-4-2-3-5-20(16)28(30)31/h2-10,12-13H,11,14H2,1H3,(H,27,29)/b26-13+. The SMILES string of the molecule is COc1cc(/C=N/NC(=O)Cc2ccccc2[N+](=O)[O-])ccc1OCc1ccc(Cl)cc1Cl. The number of carbonyl (C=O) groups excluding carboxylic acids is 1. The van der Waals surface area contributed by atoms with Gasteiger partial charge in [0.15, 0.2) is 11.5 Å². The van der Waals surface area contributed by atoms with Gasteiger partial charge in [0.05, 0.1) is 24.7 Å². The fourth-order valence-corrected chi connectivity index (χ4v) is 3.37. The molecule has 0 saturated heterocycles. The van der Waals surface area contributed by atoms with Crippen LogP contribution in [-0.2, 0) is 17.8 Å². The van der Waals surface area contributed by atoms with Gasteiger partial charge in [0.1, 0.15) is 6.61 Å². The molecule has 1 N–H and O–H groups in total. The Morgan fingerprint density at radius 3 is 2.61 bits per heavy atom. The Bertz CT molecular complexity index is 1200. The predicted octanol–water partition coefficient (Wildman–Crippen LogP) is 5.18. The van der Waals surface area contributed by atoms with E-state index in [1.807, 2.05) is 0 Å². The molecule has 0 fully saturated rings. The van der Waals surface area contributed by atoms with Crippen LogP contribution in [0.5, 0.6) is 11.5 Å². The van der Waals surface area contributed by atoms with Crippen LogP contribution in [0.15, 0.2) is 65.8 Å². The average molecular weight is 488 g/mol. The molecular weight excluding hydrogens is 469 g/mol. The largest absolute Gasteiger partial charge is 0.493 e. The lowest BCUT2D eigenvalue weighted by Gasteiger charge is -2.12. The van der Waals surface area contributed by atoms with Crippen LogP contribution in [0, 0.1) is 10.1 Å². The van der Waals surface area contributed by atoms with E-state index in [-0.39, 0.29) is 18.7 Å². The monoisotopic (exact) mass is 487 g/mol. The number of ether oxygens (including phenoxy) is 2. The summed E-state index contributed by atoms with van der Waals surface area (Å²) in [4.78, 5) is 22.6. The van der Waals surface area contributed by atoms with Gasteiger partial charge in [-0.05, 0) is 35.9 Å². The van der Waals surface area contributed by atoms with Gasteiger partial charge in [-0.2, -0.15) is 5.10 Å². The maximum atomic E-state index is 12.1. The summed E-state index contributed by atoms with van der Waals surface area (Å²) in [6, 6.07) is 16.3. The van der Waals surface area contributed by atoms with Crippen LogP contribution in [0.3, 0.4) is 0 Å². The average Bonchev–Trinajstić information content (AvgIpc) is 2.79. The highest BCUT2D eigenvalue weighted by Crippen LogP contribution is 2.30. The Hall–Kier alpha value is -3.62. The summed E-state index contributed by atoms with van der Waals surface area (Å²) in [5, 5.41) is 16.0. The molecule has 3 aromatic carbocycles. The second kappa shape index (κ2) is 11.3. The minimum Gasteiger partial charge on any atom is -0.493 e. The van der Waals surface area contributed by atoms with Crippen LogP contribution < -0.4 is 14.9 Å². The van der Waals surface area contributed by atoms with Crippen molar-refractivity contribution in [3.05, 3.63) is 97.5 Å². The van der Waals surface area contributed by atoms with Gasteiger partial charge < -0.3 is 9.47 Å². The summed E-state index contributed by atoms with van der Waals surface area (Å²) in [7, 11) is 1.51. The molecule has 3 rings (SSSR count). The van der Waals surface area contributed by atoms with Crippen LogP contribution in [0.25, 0.3) is 0 Å². The number of nitrogens with zero attached hydrogens (tertiary/aromatic N) is 2. The molecule has 0 bridgehead atoms. The molecule has 33 heavy (non-hydrogen) atoms. The highest BCUT2D eigenvalue weighted by molar-refractivity contribution is 6.35. The second-order valence-electron chi connectivity index (χ2n) is 6.79. The summed E-state index contributed by atoms with van der Waals surface area (Å²) >= 11 is 12.1. The summed E-state index contributed by atoms with van der Waals surface area (Å²) in [5.74, 6) is 0.490. The quantitative estimate of drug-likeness (QED) is 0.254. The van der Waals surface area contributed by atoms with Crippen LogP contribution in [-0.4, -0.2) is 24.2 Å². The lowest BCUT2D eigenvalue weighted by Crippen LogP contribution is -2.20. The molecule has 3 aromatic rings. The fraction of sp³-hybridized carbons (Fsp3) is 0.130. The van der Waals surface area contributed by atoms with Crippen LogP contribution in [0.1, 0.15) is 16.7 Å². The number of nitrogens with one attached hydrogen (secondary N) is 1. The predicted molar refractivity (Wildman–Crippen MR) is 126 cm³/mol. The first-order valence-electron chi connectivity index (χ1n) is 9.66. The van der Waals surface area contributed by atoms with Crippen molar-refractivity contribution in [2.24, 2.45) is 5.10 Å². The van der Waals surface area contributed by atoms with E-state index in [9.17, 15) is 14.9 Å². The van der Waals surface area contributed by atoms with Gasteiger partial charge >= 0.3 is 0 Å². The second-order valence-corrected chi connectivity index (χ2v) is 7.63. The molecule has 10 heteroatoms. The Kier molecular flexibility index (Phi) is 8.23. The smallest absolute Gasteiger partial charge is 0.273 e. The molecule has 0 radical (unpaired) electrons. The van der Waals surface area contributed by atoms with Crippen molar-refractivity contribution in [1.29, 1.82) is 0 Å². The topological polar surface area (TPSA) is 103 Å². The summed E-state index contributed by atoms with van der Waals surface area (Å²) in [6.07, 6.45) is 1.26. The van der Waals surface area contributed by atoms with Crippen molar-refractivity contribution in [2.45, 2.75) is 13.0 Å². The van der Waals surface area contributed by atoms with E-state index >= 15 is 0 Å². The number of amides is 1. The van der Waals surface area contributed by atoms with E-state index in [0.717, 1.165) is 5.56 Å². The van der Waals surface area contributed by atoms with Gasteiger partial charge in [0.25, 0.3) is 5.69 Å². The lowest BCUT2D eigenvalue weighted by molar-refractivity contribution is -0.385. The molecule has 0 aliphatic heterocycles. The van der Waals surface area contributed by atoms with Gasteiger partial charge in [0, 0.05) is 27.2 Å². The minimum absolute atomic E-state index is 0.114. The van der Waals surface area contributed by atoms with Gasteiger partial charge in [-0.1, -0.05) is 47.5 Å². The number of methoxy groups -OCH3 is 1. The first kappa shape index (κ1) is 24.0. The number of para-hydroxylation sites is 1. The van der Waals surface area contributed by atoms with Crippen molar-refractivity contribution in [1.82, 2.24) is 5.43 Å². The third kappa shape index (κ3) is 6.68. The number of hydrogen-bond acceptors (Lipinski definition) is 6. The van der Waals surface area contributed by atoms with Crippen LogP contribution in [0.2, 0.25) is 10.0 Å². The molecule has 0 aliphatic rings. The van der Waals surface area contributed by atoms with E-state index in [0.29, 0.717) is 32.7 Å².